The molecule has 2 rings (SSSR count). The van der Waals surface area contributed by atoms with Crippen LogP contribution in [0.15, 0.2) is 24.3 Å². The molecule has 1 aliphatic rings. The number of Topliss-reactive ketones (excluding diaryl/α,β-unsaturated/α-hetero) is 1. The van der Waals surface area contributed by atoms with Gasteiger partial charge in [-0.05, 0) is 19.4 Å². The maximum atomic E-state index is 13.2. The lowest BCUT2D eigenvalue weighted by Crippen LogP contribution is -2.72. The van der Waals surface area contributed by atoms with Crippen LogP contribution in [0, 0.1) is 12.8 Å². The van der Waals surface area contributed by atoms with Gasteiger partial charge in [-0.15, -0.1) is 0 Å². The first-order valence-corrected chi connectivity index (χ1v) is 6.51. The van der Waals surface area contributed by atoms with Crippen molar-refractivity contribution >= 4 is 11.8 Å². The van der Waals surface area contributed by atoms with Gasteiger partial charge in [0.15, 0.2) is 0 Å². The Kier molecular flexibility index (Phi) is 3.90. The van der Waals surface area contributed by atoms with E-state index in [0.717, 1.165) is 12.5 Å². The molecule has 0 saturated carbocycles. The van der Waals surface area contributed by atoms with Crippen LogP contribution in [0.5, 0.6) is 0 Å². The number of hydrogen-bond acceptors (Lipinski definition) is 3. The standard InChI is InChI=1S/C14H15F3N2O3/c1-7-4-3-5-9(6-7)11-10(8(2)20)13(22,14(15,16)17)19-12(21)18-11/h3-6,10-11,22H,1-2H3,(H2,18,19,21)/t10-,11+,13-/m0/s1. The topological polar surface area (TPSA) is 78.4 Å². The number of aryl methyl sites for hydroxylation is 1. The van der Waals surface area contributed by atoms with E-state index in [1.165, 1.54) is 11.4 Å². The third-order valence-corrected chi connectivity index (χ3v) is 3.65. The minimum atomic E-state index is -5.19. The third-order valence-electron chi connectivity index (χ3n) is 3.65. The van der Waals surface area contributed by atoms with E-state index in [0.29, 0.717) is 5.56 Å². The van der Waals surface area contributed by atoms with Crippen LogP contribution < -0.4 is 10.6 Å². The first-order valence-electron chi connectivity index (χ1n) is 6.51. The molecule has 22 heavy (non-hydrogen) atoms. The lowest BCUT2D eigenvalue weighted by atomic mass is 9.79. The van der Waals surface area contributed by atoms with E-state index in [9.17, 15) is 27.9 Å². The molecule has 1 saturated heterocycles. The summed E-state index contributed by atoms with van der Waals surface area (Å²) >= 11 is 0. The molecule has 0 aliphatic carbocycles. The smallest absolute Gasteiger partial charge is 0.363 e. The summed E-state index contributed by atoms with van der Waals surface area (Å²) in [7, 11) is 0. The van der Waals surface area contributed by atoms with E-state index in [-0.39, 0.29) is 0 Å². The molecule has 1 aromatic rings. The van der Waals surface area contributed by atoms with E-state index in [2.05, 4.69) is 5.32 Å². The molecule has 3 atom stereocenters. The highest BCUT2D eigenvalue weighted by molar-refractivity contribution is 5.86. The van der Waals surface area contributed by atoms with Crippen LogP contribution in [-0.4, -0.2) is 28.8 Å². The van der Waals surface area contributed by atoms with Crippen molar-refractivity contribution in [2.24, 2.45) is 5.92 Å². The van der Waals surface area contributed by atoms with Gasteiger partial charge < -0.3 is 15.7 Å². The van der Waals surface area contributed by atoms with Crippen molar-refractivity contribution in [3.8, 4) is 0 Å². The van der Waals surface area contributed by atoms with Crippen LogP contribution in [0.1, 0.15) is 24.1 Å². The number of hydrogen-bond donors (Lipinski definition) is 3. The Balaban J connectivity index is 2.57. The largest absolute Gasteiger partial charge is 0.437 e. The zero-order chi connectivity index (χ0) is 16.7. The Morgan fingerprint density at radius 3 is 2.50 bits per heavy atom. The van der Waals surface area contributed by atoms with Gasteiger partial charge in [0.25, 0.3) is 0 Å². The molecule has 0 bridgehead atoms. The zero-order valence-electron chi connectivity index (χ0n) is 11.9. The van der Waals surface area contributed by atoms with Crippen LogP contribution >= 0.6 is 0 Å². The fourth-order valence-electron chi connectivity index (χ4n) is 2.67. The predicted molar refractivity (Wildman–Crippen MR) is 70.8 cm³/mol. The molecule has 0 spiro atoms. The normalized spacial score (nSPS) is 28.7. The number of urea groups is 1. The maximum Gasteiger partial charge on any atom is 0.437 e. The van der Waals surface area contributed by atoms with Gasteiger partial charge in [-0.25, -0.2) is 4.79 Å². The number of nitrogens with one attached hydrogen (secondary N) is 2. The second-order valence-electron chi connectivity index (χ2n) is 5.34. The summed E-state index contributed by atoms with van der Waals surface area (Å²) < 4.78 is 39.7. The third kappa shape index (κ3) is 2.66. The molecule has 1 aromatic carbocycles. The molecular formula is C14H15F3N2O3. The number of alkyl halides is 3. The van der Waals surface area contributed by atoms with E-state index in [1.807, 2.05) is 0 Å². The minimum absolute atomic E-state index is 0.317. The molecule has 3 N–H and O–H groups in total. The molecule has 0 radical (unpaired) electrons. The van der Waals surface area contributed by atoms with Gasteiger partial charge in [0.1, 0.15) is 5.78 Å². The molecule has 8 heteroatoms. The lowest BCUT2D eigenvalue weighted by Gasteiger charge is -2.44. The predicted octanol–water partition coefficient (Wildman–Crippen LogP) is 1.81. The lowest BCUT2D eigenvalue weighted by molar-refractivity contribution is -0.290. The fraction of sp³-hybridized carbons (Fsp3) is 0.429. The van der Waals surface area contributed by atoms with Crippen molar-refractivity contribution < 1.29 is 27.9 Å². The Morgan fingerprint density at radius 1 is 1.36 bits per heavy atom. The second-order valence-corrected chi connectivity index (χ2v) is 5.34. The van der Waals surface area contributed by atoms with Crippen molar-refractivity contribution in [1.82, 2.24) is 10.6 Å². The zero-order valence-corrected chi connectivity index (χ0v) is 11.9. The molecule has 0 aromatic heterocycles. The van der Waals surface area contributed by atoms with Crippen molar-refractivity contribution in [3.05, 3.63) is 35.4 Å². The van der Waals surface area contributed by atoms with Gasteiger partial charge in [-0.3, -0.25) is 4.79 Å². The quantitative estimate of drug-likeness (QED) is 0.778. The summed E-state index contributed by atoms with van der Waals surface area (Å²) in [6.07, 6.45) is -5.19. The van der Waals surface area contributed by atoms with Crippen LogP contribution in [0.4, 0.5) is 18.0 Å². The van der Waals surface area contributed by atoms with Gasteiger partial charge in [0.2, 0.25) is 5.72 Å². The van der Waals surface area contributed by atoms with Gasteiger partial charge in [0, 0.05) is 0 Å². The van der Waals surface area contributed by atoms with E-state index >= 15 is 0 Å². The minimum Gasteiger partial charge on any atom is -0.363 e. The van der Waals surface area contributed by atoms with Crippen LogP contribution in [0.25, 0.3) is 0 Å². The molecule has 1 heterocycles. The number of carbonyl (C=O) groups excluding carboxylic acids is 2. The van der Waals surface area contributed by atoms with Crippen LogP contribution in [0.3, 0.4) is 0 Å². The summed E-state index contributed by atoms with van der Waals surface area (Å²) in [4.78, 5) is 23.4. The van der Waals surface area contributed by atoms with Crippen molar-refractivity contribution in [3.63, 3.8) is 0 Å². The number of rotatable bonds is 2. The average molecular weight is 316 g/mol. The van der Waals surface area contributed by atoms with E-state index < -0.39 is 35.7 Å². The molecule has 120 valence electrons. The Hall–Kier alpha value is -2.09. The highest BCUT2D eigenvalue weighted by Gasteiger charge is 2.65. The highest BCUT2D eigenvalue weighted by Crippen LogP contribution is 2.42. The van der Waals surface area contributed by atoms with E-state index in [4.69, 9.17) is 0 Å². The molecule has 2 amide bonds. The summed E-state index contributed by atoms with van der Waals surface area (Å²) in [5.41, 5.74) is -2.55. The van der Waals surface area contributed by atoms with Gasteiger partial charge in [-0.2, -0.15) is 13.2 Å². The highest BCUT2D eigenvalue weighted by atomic mass is 19.4. The van der Waals surface area contributed by atoms with Crippen LogP contribution in [0.2, 0.25) is 0 Å². The molecule has 5 nitrogen and oxygen atoms in total. The molecular weight excluding hydrogens is 301 g/mol. The van der Waals surface area contributed by atoms with Crippen LogP contribution in [-0.2, 0) is 4.79 Å². The maximum absolute atomic E-state index is 13.2. The number of ketones is 1. The van der Waals surface area contributed by atoms with E-state index in [1.54, 1.807) is 25.1 Å². The molecule has 1 aliphatic heterocycles. The van der Waals surface area contributed by atoms with Crippen molar-refractivity contribution in [2.45, 2.75) is 31.8 Å². The number of halogens is 3. The summed E-state index contributed by atoms with van der Waals surface area (Å²) in [6, 6.07) is 3.91. The summed E-state index contributed by atoms with van der Waals surface area (Å²) in [5, 5.41) is 13.7. The number of amides is 2. The first-order chi connectivity index (χ1) is 10.1. The Labute approximate surface area is 124 Å². The number of aliphatic hydroxyl groups is 1. The fourth-order valence-corrected chi connectivity index (χ4v) is 2.67. The summed E-state index contributed by atoms with van der Waals surface area (Å²) in [5.74, 6) is -2.79. The monoisotopic (exact) mass is 316 g/mol. The Morgan fingerprint density at radius 2 is 2.00 bits per heavy atom. The van der Waals surface area contributed by atoms with Gasteiger partial charge in [-0.1, -0.05) is 29.8 Å². The van der Waals surface area contributed by atoms with Crippen molar-refractivity contribution in [1.29, 1.82) is 0 Å². The first kappa shape index (κ1) is 16.3. The molecule has 1 fully saturated rings. The van der Waals surface area contributed by atoms with Crippen molar-refractivity contribution in [2.75, 3.05) is 0 Å². The summed E-state index contributed by atoms with van der Waals surface area (Å²) in [6.45, 7) is 2.68. The molecule has 0 unspecified atom stereocenters. The number of carbonyl (C=O) groups is 2. The Bertz CT molecular complexity index is 618. The van der Waals surface area contributed by atoms with Gasteiger partial charge in [0.05, 0.1) is 12.0 Å². The number of benzene rings is 1. The average Bonchev–Trinajstić information content (AvgIpc) is 2.35. The second kappa shape index (κ2) is 5.28. The SMILES string of the molecule is CC(=O)[C@H]1[C@@H](c2cccc(C)c2)NC(=O)N[C@@]1(O)C(F)(F)F. The van der Waals surface area contributed by atoms with Gasteiger partial charge >= 0.3 is 12.2 Å².